The molecule has 19 heavy (non-hydrogen) atoms. The first-order chi connectivity index (χ1) is 8.89. The number of hydrogen-bond acceptors (Lipinski definition) is 6. The van der Waals surface area contributed by atoms with Crippen molar-refractivity contribution in [2.24, 2.45) is 0 Å². The number of carbonyl (C=O) groups excluding carboxylic acids is 1. The predicted octanol–water partition coefficient (Wildman–Crippen LogP) is -0.892. The topological polar surface area (TPSA) is 94.9 Å². The van der Waals surface area contributed by atoms with E-state index in [9.17, 15) is 18.3 Å². The van der Waals surface area contributed by atoms with Gasteiger partial charge in [-0.05, 0) is 13.3 Å². The molecule has 1 saturated heterocycles. The number of aliphatic hydroxyl groups is 2. The van der Waals surface area contributed by atoms with Crippen molar-refractivity contribution in [1.82, 2.24) is 4.90 Å². The molecule has 2 N–H and O–H groups in total. The number of carbonyl (C=O) groups is 1. The molecular formula is C11H21NO5S2. The molecule has 1 aliphatic heterocycles. The zero-order valence-electron chi connectivity index (χ0n) is 11.0. The molecule has 0 radical (unpaired) electrons. The largest absolute Gasteiger partial charge is 0.394 e. The summed E-state index contributed by atoms with van der Waals surface area (Å²) in [4.78, 5) is 13.6. The molecule has 0 aliphatic carbocycles. The van der Waals surface area contributed by atoms with Crippen LogP contribution in [0.4, 0.5) is 0 Å². The first kappa shape index (κ1) is 16.7. The molecule has 1 heterocycles. The van der Waals surface area contributed by atoms with Crippen LogP contribution in [0.15, 0.2) is 0 Å². The van der Waals surface area contributed by atoms with Gasteiger partial charge < -0.3 is 15.1 Å². The second kappa shape index (κ2) is 7.47. The van der Waals surface area contributed by atoms with Gasteiger partial charge in [0.2, 0.25) is 5.91 Å². The monoisotopic (exact) mass is 311 g/mol. The Morgan fingerprint density at radius 2 is 2.21 bits per heavy atom. The molecule has 0 aromatic heterocycles. The fourth-order valence-electron chi connectivity index (χ4n) is 2.08. The summed E-state index contributed by atoms with van der Waals surface area (Å²) in [6, 6.07) is -0.217. The van der Waals surface area contributed by atoms with Gasteiger partial charge >= 0.3 is 0 Å². The fourth-order valence-corrected chi connectivity index (χ4v) is 4.64. The Labute approximate surface area is 118 Å². The maximum Gasteiger partial charge on any atom is 0.232 e. The van der Waals surface area contributed by atoms with Gasteiger partial charge in [0.15, 0.2) is 9.84 Å². The van der Waals surface area contributed by atoms with Crippen molar-refractivity contribution in [2.75, 3.05) is 36.2 Å². The zero-order chi connectivity index (χ0) is 14.5. The number of hydrogen-bond donors (Lipinski definition) is 2. The van der Waals surface area contributed by atoms with Gasteiger partial charge in [0.25, 0.3) is 0 Å². The Morgan fingerprint density at radius 1 is 1.53 bits per heavy atom. The lowest BCUT2D eigenvalue weighted by molar-refractivity contribution is -0.129. The molecule has 112 valence electrons. The molecule has 8 heteroatoms. The van der Waals surface area contributed by atoms with Gasteiger partial charge in [-0.2, -0.15) is 0 Å². The summed E-state index contributed by atoms with van der Waals surface area (Å²) in [6.45, 7) is 2.00. The number of nitrogens with zero attached hydrogens (tertiary/aromatic N) is 1. The van der Waals surface area contributed by atoms with Gasteiger partial charge in [-0.25, -0.2) is 8.42 Å². The van der Waals surface area contributed by atoms with Gasteiger partial charge in [0.05, 0.1) is 30.0 Å². The van der Waals surface area contributed by atoms with E-state index in [1.165, 1.54) is 11.8 Å². The van der Waals surface area contributed by atoms with E-state index in [0.29, 0.717) is 18.7 Å². The fraction of sp³-hybridized carbons (Fsp3) is 0.909. The number of amides is 1. The summed E-state index contributed by atoms with van der Waals surface area (Å²) < 4.78 is 22.8. The minimum atomic E-state index is -3.00. The quantitative estimate of drug-likeness (QED) is 0.633. The average Bonchev–Trinajstić information content (AvgIpc) is 2.70. The van der Waals surface area contributed by atoms with Crippen LogP contribution in [0.5, 0.6) is 0 Å². The van der Waals surface area contributed by atoms with Crippen LogP contribution >= 0.6 is 11.8 Å². The normalized spacial score (nSPS) is 23.2. The van der Waals surface area contributed by atoms with Crippen molar-refractivity contribution in [3.05, 3.63) is 0 Å². The van der Waals surface area contributed by atoms with Crippen molar-refractivity contribution < 1.29 is 23.4 Å². The maximum atomic E-state index is 12.0. The number of rotatable bonds is 7. The van der Waals surface area contributed by atoms with Crippen LogP contribution in [0.1, 0.15) is 13.3 Å². The molecule has 0 aromatic carbocycles. The Bertz CT molecular complexity index is 398. The van der Waals surface area contributed by atoms with Crippen molar-refractivity contribution in [2.45, 2.75) is 25.5 Å². The van der Waals surface area contributed by atoms with Crippen molar-refractivity contribution in [3.63, 3.8) is 0 Å². The lowest BCUT2D eigenvalue weighted by Gasteiger charge is -2.26. The van der Waals surface area contributed by atoms with E-state index >= 15 is 0 Å². The standard InChI is InChI=1S/C11H21NO5S2/c1-2-12(9-3-4-19(16,17)8-9)11(15)7-18-6-10(14)5-13/h9-10,13-14H,2-8H2,1H3. The third kappa shape index (κ3) is 5.29. The molecule has 2 atom stereocenters. The molecular weight excluding hydrogens is 290 g/mol. The van der Waals surface area contributed by atoms with Gasteiger partial charge in [0, 0.05) is 18.3 Å². The molecule has 0 spiro atoms. The van der Waals surface area contributed by atoms with Crippen LogP contribution in [0.2, 0.25) is 0 Å². The van der Waals surface area contributed by atoms with Crippen LogP contribution in [-0.2, 0) is 14.6 Å². The Balaban J connectivity index is 2.44. The highest BCUT2D eigenvalue weighted by Crippen LogP contribution is 2.18. The molecule has 6 nitrogen and oxygen atoms in total. The lowest BCUT2D eigenvalue weighted by atomic mass is 10.2. The Morgan fingerprint density at radius 3 is 2.68 bits per heavy atom. The molecule has 0 saturated carbocycles. The minimum Gasteiger partial charge on any atom is -0.394 e. The maximum absolute atomic E-state index is 12.0. The SMILES string of the molecule is CCN(C(=O)CSCC(O)CO)C1CCS(=O)(=O)C1. The zero-order valence-corrected chi connectivity index (χ0v) is 12.6. The average molecular weight is 311 g/mol. The summed E-state index contributed by atoms with van der Waals surface area (Å²) in [5, 5.41) is 17.8. The van der Waals surface area contributed by atoms with E-state index < -0.39 is 15.9 Å². The molecule has 0 bridgehead atoms. The third-order valence-electron chi connectivity index (χ3n) is 3.06. The van der Waals surface area contributed by atoms with Crippen molar-refractivity contribution >= 4 is 27.5 Å². The van der Waals surface area contributed by atoms with Crippen LogP contribution in [-0.4, -0.2) is 77.7 Å². The number of aliphatic hydroxyl groups excluding tert-OH is 2. The summed E-state index contributed by atoms with van der Waals surface area (Å²) in [5.41, 5.74) is 0. The van der Waals surface area contributed by atoms with Crippen LogP contribution < -0.4 is 0 Å². The van der Waals surface area contributed by atoms with E-state index in [4.69, 9.17) is 5.11 Å². The molecule has 2 unspecified atom stereocenters. The summed E-state index contributed by atoms with van der Waals surface area (Å²) in [5.74, 6) is 0.582. The Hall–Kier alpha value is -0.310. The van der Waals surface area contributed by atoms with E-state index in [1.807, 2.05) is 6.92 Å². The van der Waals surface area contributed by atoms with Crippen LogP contribution in [0, 0.1) is 0 Å². The van der Waals surface area contributed by atoms with Crippen LogP contribution in [0.3, 0.4) is 0 Å². The summed E-state index contributed by atoms with van der Waals surface area (Å²) in [7, 11) is -3.00. The minimum absolute atomic E-state index is 0.0521. The second-order valence-electron chi connectivity index (χ2n) is 4.59. The summed E-state index contributed by atoms with van der Waals surface area (Å²) in [6.07, 6.45) is -0.314. The molecule has 1 rings (SSSR count). The van der Waals surface area contributed by atoms with Gasteiger partial charge in [-0.1, -0.05) is 0 Å². The highest BCUT2D eigenvalue weighted by Gasteiger charge is 2.33. The van der Waals surface area contributed by atoms with Crippen molar-refractivity contribution in [1.29, 1.82) is 0 Å². The highest BCUT2D eigenvalue weighted by atomic mass is 32.2. The smallest absolute Gasteiger partial charge is 0.232 e. The van der Waals surface area contributed by atoms with E-state index in [1.54, 1.807) is 4.90 Å². The van der Waals surface area contributed by atoms with E-state index in [0.717, 1.165) is 0 Å². The molecule has 0 aromatic rings. The van der Waals surface area contributed by atoms with E-state index in [2.05, 4.69) is 0 Å². The summed E-state index contributed by atoms with van der Waals surface area (Å²) >= 11 is 1.25. The van der Waals surface area contributed by atoms with E-state index in [-0.39, 0.29) is 35.8 Å². The van der Waals surface area contributed by atoms with Gasteiger partial charge in [0.1, 0.15) is 0 Å². The van der Waals surface area contributed by atoms with Crippen molar-refractivity contribution in [3.8, 4) is 0 Å². The van der Waals surface area contributed by atoms with Gasteiger partial charge in [-0.3, -0.25) is 4.79 Å². The first-order valence-electron chi connectivity index (χ1n) is 6.26. The lowest BCUT2D eigenvalue weighted by Crippen LogP contribution is -2.42. The molecule has 1 fully saturated rings. The highest BCUT2D eigenvalue weighted by molar-refractivity contribution is 8.00. The predicted molar refractivity (Wildman–Crippen MR) is 74.9 cm³/mol. The number of thioether (sulfide) groups is 1. The van der Waals surface area contributed by atoms with Crippen LogP contribution in [0.25, 0.3) is 0 Å². The Kier molecular flexibility index (Phi) is 6.58. The first-order valence-corrected chi connectivity index (χ1v) is 9.23. The molecule has 1 amide bonds. The molecule has 1 aliphatic rings. The van der Waals surface area contributed by atoms with Gasteiger partial charge in [-0.15, -0.1) is 11.8 Å². The number of sulfone groups is 1. The third-order valence-corrected chi connectivity index (χ3v) is 5.88. The second-order valence-corrected chi connectivity index (χ2v) is 7.85.